The molecule has 0 heterocycles. The third-order valence-corrected chi connectivity index (χ3v) is 2.56. The fraction of sp³-hybridized carbons (Fsp3) is 0.231. The Kier molecular flexibility index (Phi) is 2.05. The molecule has 0 atom stereocenters. The van der Waals surface area contributed by atoms with Crippen LogP contribution in [0, 0.1) is 6.92 Å². The Morgan fingerprint density at radius 2 is 2.00 bits per heavy atom. The van der Waals surface area contributed by atoms with E-state index >= 15 is 0 Å². The van der Waals surface area contributed by atoms with Crippen molar-refractivity contribution in [2.24, 2.45) is 0 Å². The first-order valence-corrected chi connectivity index (χ1v) is 4.72. The Balaban J connectivity index is 2.69. The molecule has 66 valence electrons. The number of hydrogen-bond acceptors (Lipinski definition) is 0. The lowest BCUT2D eigenvalue weighted by Crippen LogP contribution is -1.88. The number of hydrogen-bond donors (Lipinski definition) is 0. The average Bonchev–Trinajstić information content (AvgIpc) is 2.29. The molecular formula is C13H14. The molecule has 0 saturated carbocycles. The lowest BCUT2D eigenvalue weighted by molar-refractivity contribution is 1.38. The number of benzene rings is 1. The van der Waals surface area contributed by atoms with E-state index in [1.807, 2.05) is 0 Å². The first-order valence-electron chi connectivity index (χ1n) is 4.72. The fourth-order valence-corrected chi connectivity index (χ4v) is 1.91. The molecule has 0 amide bonds. The first kappa shape index (κ1) is 8.31. The molecule has 0 bridgehead atoms. The zero-order chi connectivity index (χ0) is 9.26. The van der Waals surface area contributed by atoms with Gasteiger partial charge in [-0.1, -0.05) is 36.4 Å². The van der Waals surface area contributed by atoms with Gasteiger partial charge in [0.1, 0.15) is 0 Å². The highest BCUT2D eigenvalue weighted by Crippen LogP contribution is 2.26. The molecule has 1 aliphatic carbocycles. The van der Waals surface area contributed by atoms with Crippen LogP contribution in [-0.4, -0.2) is 0 Å². The monoisotopic (exact) mass is 170 g/mol. The molecule has 0 nitrogen and oxygen atoms in total. The minimum atomic E-state index is 1.06. The van der Waals surface area contributed by atoms with Gasteiger partial charge >= 0.3 is 0 Å². The van der Waals surface area contributed by atoms with Crippen LogP contribution >= 0.6 is 0 Å². The maximum Gasteiger partial charge on any atom is -0.0129 e. The van der Waals surface area contributed by atoms with E-state index in [0.29, 0.717) is 0 Å². The number of aryl methyl sites for hydroxylation is 1. The summed E-state index contributed by atoms with van der Waals surface area (Å²) in [6, 6.07) is 6.48. The van der Waals surface area contributed by atoms with Gasteiger partial charge in [-0.2, -0.15) is 0 Å². The van der Waals surface area contributed by atoms with E-state index in [0.717, 1.165) is 6.42 Å². The van der Waals surface area contributed by atoms with Gasteiger partial charge in [0.2, 0.25) is 0 Å². The second-order valence-electron chi connectivity index (χ2n) is 3.56. The minimum Gasteiger partial charge on any atom is -0.0801 e. The van der Waals surface area contributed by atoms with Crippen molar-refractivity contribution in [1.82, 2.24) is 0 Å². The Hall–Kier alpha value is -1.30. The van der Waals surface area contributed by atoms with Crippen LogP contribution in [0.25, 0.3) is 11.6 Å². The molecule has 0 saturated heterocycles. The molecular weight excluding hydrogens is 156 g/mol. The highest BCUT2D eigenvalue weighted by Gasteiger charge is 2.06. The van der Waals surface area contributed by atoms with Crippen molar-refractivity contribution in [3.8, 4) is 0 Å². The Labute approximate surface area is 79.6 Å². The topological polar surface area (TPSA) is 0 Å². The molecule has 0 unspecified atom stereocenters. The molecule has 0 radical (unpaired) electrons. The van der Waals surface area contributed by atoms with Crippen molar-refractivity contribution in [1.29, 1.82) is 0 Å². The van der Waals surface area contributed by atoms with E-state index in [9.17, 15) is 0 Å². The minimum absolute atomic E-state index is 1.06. The van der Waals surface area contributed by atoms with Crippen molar-refractivity contribution in [3.63, 3.8) is 0 Å². The van der Waals surface area contributed by atoms with Crippen molar-refractivity contribution in [3.05, 3.63) is 47.0 Å². The lowest BCUT2D eigenvalue weighted by atomic mass is 9.97. The van der Waals surface area contributed by atoms with Crippen molar-refractivity contribution in [2.45, 2.75) is 20.3 Å². The standard InChI is InChI=1S/C13H14/c1-10-6-3-4-8-12-9-5-7-11(2)13(10)12/h4-9H,3H2,1-2H3. The van der Waals surface area contributed by atoms with Crippen LogP contribution in [0.15, 0.2) is 30.4 Å². The van der Waals surface area contributed by atoms with Gasteiger partial charge in [-0.15, -0.1) is 0 Å². The summed E-state index contributed by atoms with van der Waals surface area (Å²) in [4.78, 5) is 0. The third kappa shape index (κ3) is 1.44. The third-order valence-electron chi connectivity index (χ3n) is 2.56. The van der Waals surface area contributed by atoms with E-state index in [4.69, 9.17) is 0 Å². The van der Waals surface area contributed by atoms with E-state index < -0.39 is 0 Å². The summed E-state index contributed by atoms with van der Waals surface area (Å²) in [5, 5.41) is 0. The molecule has 2 rings (SSSR count). The van der Waals surface area contributed by atoms with Crippen LogP contribution in [-0.2, 0) is 0 Å². The second-order valence-corrected chi connectivity index (χ2v) is 3.56. The summed E-state index contributed by atoms with van der Waals surface area (Å²) in [6.07, 6.45) is 7.78. The van der Waals surface area contributed by atoms with Gasteiger partial charge in [0.25, 0.3) is 0 Å². The van der Waals surface area contributed by atoms with E-state index in [-0.39, 0.29) is 0 Å². The maximum absolute atomic E-state index is 2.29. The highest BCUT2D eigenvalue weighted by molar-refractivity contribution is 5.77. The molecule has 1 aromatic carbocycles. The van der Waals surface area contributed by atoms with Crippen LogP contribution in [0.5, 0.6) is 0 Å². The zero-order valence-electron chi connectivity index (χ0n) is 8.17. The van der Waals surface area contributed by atoms with E-state index in [1.165, 1.54) is 22.3 Å². The van der Waals surface area contributed by atoms with Crippen molar-refractivity contribution in [2.75, 3.05) is 0 Å². The SMILES string of the molecule is CC1=CCC=Cc2cccc(C)c21. The molecule has 0 heteroatoms. The average molecular weight is 170 g/mol. The van der Waals surface area contributed by atoms with Gasteiger partial charge in [-0.3, -0.25) is 0 Å². The van der Waals surface area contributed by atoms with Crippen LogP contribution < -0.4 is 0 Å². The van der Waals surface area contributed by atoms with Gasteiger partial charge in [0.15, 0.2) is 0 Å². The van der Waals surface area contributed by atoms with E-state index in [2.05, 4.69) is 50.3 Å². The summed E-state index contributed by atoms with van der Waals surface area (Å²) < 4.78 is 0. The van der Waals surface area contributed by atoms with Crippen LogP contribution in [0.2, 0.25) is 0 Å². The molecule has 0 spiro atoms. The summed E-state index contributed by atoms with van der Waals surface area (Å²) >= 11 is 0. The second kappa shape index (κ2) is 3.21. The Morgan fingerprint density at radius 1 is 1.15 bits per heavy atom. The summed E-state index contributed by atoms with van der Waals surface area (Å²) in [7, 11) is 0. The van der Waals surface area contributed by atoms with E-state index in [1.54, 1.807) is 0 Å². The summed E-state index contributed by atoms with van der Waals surface area (Å²) in [5.74, 6) is 0. The molecule has 0 N–H and O–H groups in total. The largest absolute Gasteiger partial charge is 0.0801 e. The van der Waals surface area contributed by atoms with Crippen LogP contribution in [0.4, 0.5) is 0 Å². The zero-order valence-corrected chi connectivity index (χ0v) is 8.17. The molecule has 13 heavy (non-hydrogen) atoms. The quantitative estimate of drug-likeness (QED) is 0.555. The number of rotatable bonds is 0. The fourth-order valence-electron chi connectivity index (χ4n) is 1.91. The molecule has 1 aromatic rings. The van der Waals surface area contributed by atoms with Gasteiger partial charge in [0, 0.05) is 0 Å². The molecule has 0 aliphatic heterocycles. The Morgan fingerprint density at radius 3 is 2.85 bits per heavy atom. The van der Waals surface area contributed by atoms with Gasteiger partial charge in [0.05, 0.1) is 0 Å². The predicted octanol–water partition coefficient (Wildman–Crippen LogP) is 3.82. The molecule has 1 aliphatic rings. The Bertz CT molecular complexity index is 381. The van der Waals surface area contributed by atoms with Crippen LogP contribution in [0.3, 0.4) is 0 Å². The smallest absolute Gasteiger partial charge is 0.0129 e. The summed E-state index contributed by atoms with van der Waals surface area (Å²) in [5.41, 5.74) is 5.54. The predicted molar refractivity (Wildman–Crippen MR) is 58.5 cm³/mol. The van der Waals surface area contributed by atoms with Crippen molar-refractivity contribution >= 4 is 11.6 Å². The first-order chi connectivity index (χ1) is 6.29. The maximum atomic E-state index is 2.29. The van der Waals surface area contributed by atoms with Crippen molar-refractivity contribution < 1.29 is 0 Å². The van der Waals surface area contributed by atoms with Gasteiger partial charge in [-0.05, 0) is 42.5 Å². The van der Waals surface area contributed by atoms with Gasteiger partial charge < -0.3 is 0 Å². The molecule has 0 aromatic heterocycles. The highest BCUT2D eigenvalue weighted by atomic mass is 14.1. The summed E-state index contributed by atoms with van der Waals surface area (Å²) in [6.45, 7) is 4.37. The molecule has 0 fully saturated rings. The number of fused-ring (bicyclic) bond motifs is 1. The number of allylic oxidation sites excluding steroid dienone is 3. The van der Waals surface area contributed by atoms with Crippen LogP contribution in [0.1, 0.15) is 30.0 Å². The normalized spacial score (nSPS) is 14.8. The lowest BCUT2D eigenvalue weighted by Gasteiger charge is -2.08. The van der Waals surface area contributed by atoms with Gasteiger partial charge in [-0.25, -0.2) is 0 Å².